The Balaban J connectivity index is 1.41. The minimum Gasteiger partial charge on any atom is -0.464 e. The molecule has 2 heterocycles. The van der Waals surface area contributed by atoms with Gasteiger partial charge in [-0.25, -0.2) is 0 Å². The Kier molecular flexibility index (Phi) is 5.36. The lowest BCUT2D eigenvalue weighted by atomic mass is 10.0. The van der Waals surface area contributed by atoms with Crippen LogP contribution in [-0.2, 0) is 16.0 Å². The lowest BCUT2D eigenvalue weighted by molar-refractivity contribution is -0.115. The Morgan fingerprint density at radius 2 is 1.76 bits per heavy atom. The summed E-state index contributed by atoms with van der Waals surface area (Å²) in [5, 5.41) is 3.86. The van der Waals surface area contributed by atoms with Crippen molar-refractivity contribution in [2.45, 2.75) is 20.3 Å². The normalized spacial score (nSPS) is 14.2. The third kappa shape index (κ3) is 4.03. The standard InChI is InChI=1S/C23H24N2O4/c1-15-3-8-20-18(14-29-22(20)16(15)2)13-21(26)24-19-6-4-17(5-7-19)23(27)25-9-11-28-12-10-25/h3-8,14H,9-13H2,1-2H3,(H,24,26). The van der Waals surface area contributed by atoms with E-state index in [9.17, 15) is 9.59 Å². The van der Waals surface area contributed by atoms with E-state index in [4.69, 9.17) is 9.15 Å². The smallest absolute Gasteiger partial charge is 0.254 e. The average Bonchev–Trinajstić information content (AvgIpc) is 3.14. The molecule has 0 saturated carbocycles. The van der Waals surface area contributed by atoms with Gasteiger partial charge in [-0.05, 0) is 49.2 Å². The highest BCUT2D eigenvalue weighted by Crippen LogP contribution is 2.27. The van der Waals surface area contributed by atoms with Gasteiger partial charge in [-0.2, -0.15) is 0 Å². The molecule has 6 heteroatoms. The van der Waals surface area contributed by atoms with E-state index in [0.29, 0.717) is 37.6 Å². The van der Waals surface area contributed by atoms with Gasteiger partial charge >= 0.3 is 0 Å². The van der Waals surface area contributed by atoms with Gasteiger partial charge in [0.25, 0.3) is 5.91 Å². The van der Waals surface area contributed by atoms with E-state index >= 15 is 0 Å². The quantitative estimate of drug-likeness (QED) is 0.735. The molecule has 1 N–H and O–H groups in total. The summed E-state index contributed by atoms with van der Waals surface area (Å²) in [7, 11) is 0. The average molecular weight is 392 g/mol. The number of anilines is 1. The van der Waals surface area contributed by atoms with Crippen molar-refractivity contribution in [3.05, 3.63) is 64.9 Å². The molecule has 1 aliphatic rings. The Morgan fingerprint density at radius 3 is 2.48 bits per heavy atom. The first-order valence-electron chi connectivity index (χ1n) is 9.76. The van der Waals surface area contributed by atoms with Crippen molar-refractivity contribution in [1.82, 2.24) is 4.90 Å². The summed E-state index contributed by atoms with van der Waals surface area (Å²) in [5.74, 6) is -0.139. The highest BCUT2D eigenvalue weighted by molar-refractivity contribution is 5.97. The fourth-order valence-electron chi connectivity index (χ4n) is 3.55. The van der Waals surface area contributed by atoms with Crippen molar-refractivity contribution in [2.24, 2.45) is 0 Å². The third-order valence-electron chi connectivity index (χ3n) is 5.41. The number of carbonyl (C=O) groups excluding carboxylic acids is 2. The van der Waals surface area contributed by atoms with E-state index in [2.05, 4.69) is 5.32 Å². The molecule has 6 nitrogen and oxygen atoms in total. The van der Waals surface area contributed by atoms with Crippen LogP contribution in [0.15, 0.2) is 47.1 Å². The first-order valence-corrected chi connectivity index (χ1v) is 9.76. The number of ether oxygens (including phenoxy) is 1. The summed E-state index contributed by atoms with van der Waals surface area (Å²) in [4.78, 5) is 26.8. The maximum atomic E-state index is 12.5. The molecule has 3 aromatic rings. The Hall–Kier alpha value is -3.12. The monoisotopic (exact) mass is 392 g/mol. The van der Waals surface area contributed by atoms with Crippen LogP contribution in [-0.4, -0.2) is 43.0 Å². The molecule has 1 aromatic heterocycles. The minimum absolute atomic E-state index is 0.0123. The van der Waals surface area contributed by atoms with Crippen LogP contribution in [0.5, 0.6) is 0 Å². The van der Waals surface area contributed by atoms with Gasteiger partial charge in [-0.1, -0.05) is 12.1 Å². The molecule has 0 unspecified atom stereocenters. The lowest BCUT2D eigenvalue weighted by Crippen LogP contribution is -2.40. The topological polar surface area (TPSA) is 71.8 Å². The molecular weight excluding hydrogens is 368 g/mol. The van der Waals surface area contributed by atoms with E-state index in [1.807, 2.05) is 26.0 Å². The summed E-state index contributed by atoms with van der Waals surface area (Å²) in [5.41, 5.74) is 5.22. The molecule has 0 radical (unpaired) electrons. The molecule has 0 bridgehead atoms. The Bertz CT molecular complexity index is 1050. The van der Waals surface area contributed by atoms with Crippen LogP contribution >= 0.6 is 0 Å². The van der Waals surface area contributed by atoms with E-state index in [0.717, 1.165) is 27.7 Å². The minimum atomic E-state index is -0.127. The Labute approximate surface area is 169 Å². The van der Waals surface area contributed by atoms with Gasteiger partial charge in [0.05, 0.1) is 25.9 Å². The van der Waals surface area contributed by atoms with E-state index in [1.165, 1.54) is 0 Å². The van der Waals surface area contributed by atoms with Gasteiger partial charge in [-0.15, -0.1) is 0 Å². The van der Waals surface area contributed by atoms with Crippen molar-refractivity contribution in [3.8, 4) is 0 Å². The molecule has 4 rings (SSSR count). The molecule has 0 aliphatic carbocycles. The van der Waals surface area contributed by atoms with E-state index in [-0.39, 0.29) is 18.2 Å². The number of benzene rings is 2. The number of furan rings is 1. The second-order valence-corrected chi connectivity index (χ2v) is 7.35. The van der Waals surface area contributed by atoms with Gasteiger partial charge in [0.2, 0.25) is 5.91 Å². The summed E-state index contributed by atoms with van der Waals surface area (Å²) in [6, 6.07) is 11.0. The fourth-order valence-corrected chi connectivity index (χ4v) is 3.55. The summed E-state index contributed by atoms with van der Waals surface area (Å²) >= 11 is 0. The maximum absolute atomic E-state index is 12.5. The number of carbonyl (C=O) groups is 2. The maximum Gasteiger partial charge on any atom is 0.254 e. The van der Waals surface area contributed by atoms with Crippen LogP contribution in [0.4, 0.5) is 5.69 Å². The zero-order valence-corrected chi connectivity index (χ0v) is 16.7. The zero-order valence-electron chi connectivity index (χ0n) is 16.7. The highest BCUT2D eigenvalue weighted by atomic mass is 16.5. The summed E-state index contributed by atoms with van der Waals surface area (Å²) < 4.78 is 11.0. The molecule has 2 aromatic carbocycles. The number of amides is 2. The van der Waals surface area contributed by atoms with E-state index < -0.39 is 0 Å². The molecular formula is C23H24N2O4. The molecule has 1 fully saturated rings. The van der Waals surface area contributed by atoms with Gasteiger partial charge in [0.15, 0.2) is 0 Å². The molecule has 29 heavy (non-hydrogen) atoms. The highest BCUT2D eigenvalue weighted by Gasteiger charge is 2.18. The number of fused-ring (bicyclic) bond motifs is 1. The summed E-state index contributed by atoms with van der Waals surface area (Å²) in [6.07, 6.45) is 1.88. The fraction of sp³-hybridized carbons (Fsp3) is 0.304. The van der Waals surface area contributed by atoms with Crippen LogP contribution in [0, 0.1) is 13.8 Å². The number of nitrogens with zero attached hydrogens (tertiary/aromatic N) is 1. The molecule has 0 spiro atoms. The molecule has 150 valence electrons. The number of rotatable bonds is 4. The lowest BCUT2D eigenvalue weighted by Gasteiger charge is -2.26. The van der Waals surface area contributed by atoms with E-state index in [1.54, 1.807) is 35.4 Å². The predicted molar refractivity (Wildman–Crippen MR) is 111 cm³/mol. The van der Waals surface area contributed by atoms with Crippen LogP contribution in [0.2, 0.25) is 0 Å². The number of nitrogens with one attached hydrogen (secondary N) is 1. The zero-order chi connectivity index (χ0) is 20.4. The van der Waals surface area contributed by atoms with Crippen molar-refractivity contribution < 1.29 is 18.7 Å². The first kappa shape index (κ1) is 19.2. The number of hydrogen-bond acceptors (Lipinski definition) is 4. The van der Waals surface area contributed by atoms with Crippen LogP contribution in [0.1, 0.15) is 27.0 Å². The van der Waals surface area contributed by atoms with Crippen LogP contribution in [0.25, 0.3) is 11.0 Å². The van der Waals surface area contributed by atoms with Crippen LogP contribution in [0.3, 0.4) is 0 Å². The van der Waals surface area contributed by atoms with Gasteiger partial charge in [-0.3, -0.25) is 9.59 Å². The third-order valence-corrected chi connectivity index (χ3v) is 5.41. The van der Waals surface area contributed by atoms with Crippen molar-refractivity contribution in [2.75, 3.05) is 31.6 Å². The number of morpholine rings is 1. The van der Waals surface area contributed by atoms with Crippen molar-refractivity contribution >= 4 is 28.5 Å². The van der Waals surface area contributed by atoms with Gasteiger partial charge in [0, 0.05) is 35.3 Å². The van der Waals surface area contributed by atoms with Crippen molar-refractivity contribution in [1.29, 1.82) is 0 Å². The SMILES string of the molecule is Cc1ccc2c(CC(=O)Nc3ccc(C(=O)N4CCOCC4)cc3)coc2c1C. The van der Waals surface area contributed by atoms with Crippen molar-refractivity contribution in [3.63, 3.8) is 0 Å². The number of hydrogen-bond donors (Lipinski definition) is 1. The second kappa shape index (κ2) is 8.09. The first-order chi connectivity index (χ1) is 14.0. The molecule has 2 amide bonds. The molecule has 0 atom stereocenters. The largest absolute Gasteiger partial charge is 0.464 e. The van der Waals surface area contributed by atoms with Gasteiger partial charge < -0.3 is 19.4 Å². The second-order valence-electron chi connectivity index (χ2n) is 7.35. The number of aryl methyl sites for hydroxylation is 2. The Morgan fingerprint density at radius 1 is 1.03 bits per heavy atom. The molecule has 1 aliphatic heterocycles. The molecule has 1 saturated heterocycles. The predicted octanol–water partition coefficient (Wildman–Crippen LogP) is 3.70. The van der Waals surface area contributed by atoms with Crippen LogP contribution < -0.4 is 5.32 Å². The van der Waals surface area contributed by atoms with Gasteiger partial charge in [0.1, 0.15) is 5.58 Å². The summed E-state index contributed by atoms with van der Waals surface area (Å²) in [6.45, 7) is 6.41.